The zero-order chi connectivity index (χ0) is 16.8. The van der Waals surface area contributed by atoms with Crippen LogP contribution in [0.1, 0.15) is 25.5 Å². The van der Waals surface area contributed by atoms with Gasteiger partial charge in [-0.05, 0) is 26.7 Å². The van der Waals surface area contributed by atoms with Gasteiger partial charge in [-0.1, -0.05) is 0 Å². The fourth-order valence-corrected chi connectivity index (χ4v) is 3.56. The number of amides is 1. The number of aromatic nitrogens is 3. The largest absolute Gasteiger partial charge is 0.459 e. The second-order valence-electron chi connectivity index (χ2n) is 6.27. The quantitative estimate of drug-likeness (QED) is 0.736. The van der Waals surface area contributed by atoms with Gasteiger partial charge in [0.05, 0.1) is 17.1 Å². The van der Waals surface area contributed by atoms with Crippen LogP contribution in [0.2, 0.25) is 0 Å². The lowest BCUT2D eigenvalue weighted by atomic mass is 10.3. The Labute approximate surface area is 138 Å². The highest BCUT2D eigenvalue weighted by molar-refractivity contribution is 6.04. The zero-order valence-electron chi connectivity index (χ0n) is 13.9. The van der Waals surface area contributed by atoms with E-state index in [1.54, 1.807) is 11.1 Å². The van der Waals surface area contributed by atoms with Crippen molar-refractivity contribution in [3.63, 3.8) is 0 Å². The molecular formula is C17H20N4O3. The molecule has 126 valence electrons. The molecule has 0 spiro atoms. The van der Waals surface area contributed by atoms with Crippen LogP contribution in [0.15, 0.2) is 21.5 Å². The molecule has 0 aliphatic carbocycles. The number of hydrogen-bond donors (Lipinski definition) is 0. The van der Waals surface area contributed by atoms with Crippen LogP contribution in [0.5, 0.6) is 0 Å². The van der Waals surface area contributed by atoms with E-state index in [1.165, 1.54) is 4.68 Å². The summed E-state index contributed by atoms with van der Waals surface area (Å²) < 4.78 is 8.93. The minimum Gasteiger partial charge on any atom is -0.459 e. The normalized spacial score (nSPS) is 15.0. The summed E-state index contributed by atoms with van der Waals surface area (Å²) >= 11 is 0. The van der Waals surface area contributed by atoms with Crippen LogP contribution < -0.4 is 5.56 Å². The van der Waals surface area contributed by atoms with Crippen molar-refractivity contribution in [3.05, 3.63) is 28.4 Å². The van der Waals surface area contributed by atoms with Gasteiger partial charge < -0.3 is 13.9 Å². The van der Waals surface area contributed by atoms with E-state index in [1.807, 2.05) is 24.5 Å². The van der Waals surface area contributed by atoms with Crippen molar-refractivity contribution in [2.75, 3.05) is 13.1 Å². The molecule has 1 aliphatic rings. The molecule has 0 saturated carbocycles. The number of carbonyl (C=O) groups excluding carboxylic acids is 1. The molecule has 3 aromatic heterocycles. The summed E-state index contributed by atoms with van der Waals surface area (Å²) in [5.41, 5.74) is 1.89. The van der Waals surface area contributed by atoms with Gasteiger partial charge in [-0.2, -0.15) is 5.10 Å². The van der Waals surface area contributed by atoms with Gasteiger partial charge in [0.25, 0.3) is 5.56 Å². The van der Waals surface area contributed by atoms with E-state index in [-0.39, 0.29) is 18.0 Å². The maximum absolute atomic E-state index is 12.9. The molecular weight excluding hydrogens is 308 g/mol. The zero-order valence-corrected chi connectivity index (χ0v) is 13.9. The third kappa shape index (κ3) is 2.15. The molecule has 7 heteroatoms. The minimum absolute atomic E-state index is 0.00986. The van der Waals surface area contributed by atoms with Crippen LogP contribution >= 0.6 is 0 Å². The van der Waals surface area contributed by atoms with Gasteiger partial charge >= 0.3 is 0 Å². The van der Waals surface area contributed by atoms with E-state index >= 15 is 0 Å². The molecule has 0 aromatic carbocycles. The maximum Gasteiger partial charge on any atom is 0.291 e. The Balaban J connectivity index is 1.82. The number of nitrogens with zero attached hydrogens (tertiary/aromatic N) is 4. The monoisotopic (exact) mass is 328 g/mol. The van der Waals surface area contributed by atoms with Gasteiger partial charge in [0.2, 0.25) is 5.91 Å². The summed E-state index contributed by atoms with van der Waals surface area (Å²) in [5.74, 6) is 0.757. The van der Waals surface area contributed by atoms with Crippen molar-refractivity contribution < 1.29 is 9.21 Å². The standard InChI is InChI=1S/C17H20N4O3/c1-3-20-13-8-11(2)24-16(13)12-9-18-21(17(23)15(12)20)10-14(22)19-6-4-5-7-19/h8-9H,3-7,10H2,1-2H3. The minimum atomic E-state index is -0.244. The first kappa shape index (κ1) is 15.0. The summed E-state index contributed by atoms with van der Waals surface area (Å²) in [6.07, 6.45) is 3.69. The van der Waals surface area contributed by atoms with Crippen molar-refractivity contribution >= 4 is 27.9 Å². The molecule has 0 bridgehead atoms. The number of carbonyl (C=O) groups is 1. The average molecular weight is 328 g/mol. The molecule has 0 atom stereocenters. The van der Waals surface area contributed by atoms with Crippen molar-refractivity contribution in [2.24, 2.45) is 0 Å². The Kier molecular flexibility index (Phi) is 3.44. The van der Waals surface area contributed by atoms with E-state index in [0.717, 1.165) is 37.2 Å². The Hall–Kier alpha value is -2.57. The van der Waals surface area contributed by atoms with Crippen LogP contribution in [0.3, 0.4) is 0 Å². The van der Waals surface area contributed by atoms with Crippen LogP contribution in [0.25, 0.3) is 22.0 Å². The predicted molar refractivity (Wildman–Crippen MR) is 90.0 cm³/mol. The Bertz CT molecular complexity index is 989. The molecule has 1 aliphatic heterocycles. The molecule has 24 heavy (non-hydrogen) atoms. The maximum atomic E-state index is 12.9. The second-order valence-corrected chi connectivity index (χ2v) is 6.27. The molecule has 1 fully saturated rings. The van der Waals surface area contributed by atoms with Gasteiger partial charge in [-0.15, -0.1) is 0 Å². The van der Waals surface area contributed by atoms with Crippen LogP contribution in [-0.4, -0.2) is 38.2 Å². The van der Waals surface area contributed by atoms with Crippen LogP contribution in [0, 0.1) is 6.92 Å². The van der Waals surface area contributed by atoms with Crippen molar-refractivity contribution in [1.29, 1.82) is 0 Å². The fourth-order valence-electron chi connectivity index (χ4n) is 3.56. The molecule has 7 nitrogen and oxygen atoms in total. The Morgan fingerprint density at radius 1 is 1.33 bits per heavy atom. The van der Waals surface area contributed by atoms with Crippen molar-refractivity contribution in [3.8, 4) is 0 Å². The lowest BCUT2D eigenvalue weighted by Gasteiger charge is -2.15. The van der Waals surface area contributed by atoms with E-state index in [2.05, 4.69) is 5.10 Å². The first-order valence-corrected chi connectivity index (χ1v) is 8.36. The highest BCUT2D eigenvalue weighted by Crippen LogP contribution is 2.29. The van der Waals surface area contributed by atoms with E-state index in [4.69, 9.17) is 4.42 Å². The summed E-state index contributed by atoms with van der Waals surface area (Å²) in [6.45, 7) is 6.05. The molecule has 0 radical (unpaired) electrons. The number of aryl methyl sites for hydroxylation is 2. The van der Waals surface area contributed by atoms with Gasteiger partial charge in [-0.25, -0.2) is 4.68 Å². The van der Waals surface area contributed by atoms with Crippen LogP contribution in [-0.2, 0) is 17.9 Å². The smallest absolute Gasteiger partial charge is 0.291 e. The summed E-state index contributed by atoms with van der Waals surface area (Å²) in [7, 11) is 0. The molecule has 3 aromatic rings. The van der Waals surface area contributed by atoms with E-state index in [0.29, 0.717) is 23.0 Å². The number of likely N-dealkylation sites (tertiary alicyclic amines) is 1. The van der Waals surface area contributed by atoms with Gasteiger partial charge in [-0.3, -0.25) is 9.59 Å². The lowest BCUT2D eigenvalue weighted by Crippen LogP contribution is -2.35. The number of fused-ring (bicyclic) bond motifs is 3. The molecule has 4 heterocycles. The highest BCUT2D eigenvalue weighted by Gasteiger charge is 2.22. The number of rotatable bonds is 3. The summed E-state index contributed by atoms with van der Waals surface area (Å²) in [6, 6.07) is 1.93. The second kappa shape index (κ2) is 5.51. The van der Waals surface area contributed by atoms with Crippen molar-refractivity contribution in [1.82, 2.24) is 19.2 Å². The molecule has 1 saturated heterocycles. The first-order valence-electron chi connectivity index (χ1n) is 8.36. The van der Waals surface area contributed by atoms with E-state index < -0.39 is 0 Å². The Morgan fingerprint density at radius 2 is 2.08 bits per heavy atom. The molecule has 4 rings (SSSR count). The van der Waals surface area contributed by atoms with Gasteiger partial charge in [0.15, 0.2) is 5.58 Å². The topological polar surface area (TPSA) is 73.3 Å². The van der Waals surface area contributed by atoms with Crippen LogP contribution in [0.4, 0.5) is 0 Å². The lowest BCUT2D eigenvalue weighted by molar-refractivity contribution is -0.131. The van der Waals surface area contributed by atoms with E-state index in [9.17, 15) is 9.59 Å². The predicted octanol–water partition coefficient (Wildman–Crippen LogP) is 1.89. The average Bonchev–Trinajstić information content (AvgIpc) is 3.25. The molecule has 1 amide bonds. The molecule has 0 N–H and O–H groups in total. The number of furan rings is 1. The Morgan fingerprint density at radius 3 is 2.79 bits per heavy atom. The highest BCUT2D eigenvalue weighted by atomic mass is 16.3. The third-order valence-corrected chi connectivity index (χ3v) is 4.72. The summed E-state index contributed by atoms with van der Waals surface area (Å²) in [5, 5.41) is 4.91. The SMILES string of the molecule is CCn1c2cc(C)oc2c2cnn(CC(=O)N3CCCC3)c(=O)c21. The summed E-state index contributed by atoms with van der Waals surface area (Å²) in [4.78, 5) is 27.0. The number of hydrogen-bond acceptors (Lipinski definition) is 4. The van der Waals surface area contributed by atoms with Gasteiger partial charge in [0.1, 0.15) is 17.8 Å². The third-order valence-electron chi connectivity index (χ3n) is 4.72. The first-order chi connectivity index (χ1) is 11.6. The molecule has 0 unspecified atom stereocenters. The van der Waals surface area contributed by atoms with Crippen molar-refractivity contribution in [2.45, 2.75) is 39.8 Å². The fraction of sp³-hybridized carbons (Fsp3) is 0.471. The van der Waals surface area contributed by atoms with Gasteiger partial charge in [0, 0.05) is 25.7 Å².